The second-order valence-corrected chi connectivity index (χ2v) is 5.16. The molecule has 0 fully saturated rings. The summed E-state index contributed by atoms with van der Waals surface area (Å²) in [6.45, 7) is 3.84. The Morgan fingerprint density at radius 2 is 1.96 bits per heavy atom. The molecule has 1 aromatic carbocycles. The normalized spacial score (nSPS) is 10.3. The highest BCUT2D eigenvalue weighted by Crippen LogP contribution is 2.27. The summed E-state index contributed by atoms with van der Waals surface area (Å²) in [6.07, 6.45) is 1.27. The maximum Gasteiger partial charge on any atom is 0.339 e. The Labute approximate surface area is 138 Å². The third kappa shape index (κ3) is 4.19. The summed E-state index contributed by atoms with van der Waals surface area (Å²) < 4.78 is 10.1. The number of carbonyl (C=O) groups is 1. The summed E-state index contributed by atoms with van der Waals surface area (Å²) in [5.74, 6) is 0.0385. The molecule has 0 aliphatic rings. The molecule has 0 bridgehead atoms. The molecule has 1 N–H and O–H groups in total. The highest BCUT2D eigenvalue weighted by molar-refractivity contribution is 5.90. The van der Waals surface area contributed by atoms with E-state index in [1.165, 1.54) is 13.3 Å². The SMILES string of the molecule is COC(=O)c1cnc(Nc2ccc(OC(C)C)cc2)c([N+](=O)[O-])c1. The number of aromatic nitrogens is 1. The van der Waals surface area contributed by atoms with Crippen molar-refractivity contribution in [2.75, 3.05) is 12.4 Å². The van der Waals surface area contributed by atoms with Crippen LogP contribution in [0.2, 0.25) is 0 Å². The van der Waals surface area contributed by atoms with E-state index in [1.807, 2.05) is 13.8 Å². The second kappa shape index (κ2) is 7.40. The lowest BCUT2D eigenvalue weighted by Crippen LogP contribution is -2.06. The number of pyridine rings is 1. The fourth-order valence-corrected chi connectivity index (χ4v) is 1.94. The van der Waals surface area contributed by atoms with E-state index < -0.39 is 10.9 Å². The molecular weight excluding hydrogens is 314 g/mol. The summed E-state index contributed by atoms with van der Waals surface area (Å²) in [6, 6.07) is 8.06. The molecule has 0 saturated carbocycles. The van der Waals surface area contributed by atoms with Crippen molar-refractivity contribution in [3.63, 3.8) is 0 Å². The molecule has 0 unspecified atom stereocenters. The number of hydrogen-bond acceptors (Lipinski definition) is 7. The molecule has 0 aliphatic carbocycles. The van der Waals surface area contributed by atoms with Crippen LogP contribution in [0.5, 0.6) is 5.75 Å². The fourth-order valence-electron chi connectivity index (χ4n) is 1.94. The molecule has 0 spiro atoms. The van der Waals surface area contributed by atoms with Gasteiger partial charge in [0.05, 0.1) is 23.7 Å². The maximum absolute atomic E-state index is 11.5. The van der Waals surface area contributed by atoms with E-state index in [0.29, 0.717) is 11.4 Å². The van der Waals surface area contributed by atoms with E-state index in [1.54, 1.807) is 24.3 Å². The van der Waals surface area contributed by atoms with Crippen molar-refractivity contribution in [2.24, 2.45) is 0 Å². The van der Waals surface area contributed by atoms with Gasteiger partial charge in [-0.15, -0.1) is 0 Å². The molecule has 8 heteroatoms. The number of rotatable bonds is 6. The first-order valence-corrected chi connectivity index (χ1v) is 7.17. The van der Waals surface area contributed by atoms with Gasteiger partial charge in [0.1, 0.15) is 5.75 Å². The molecule has 2 rings (SSSR count). The molecule has 8 nitrogen and oxygen atoms in total. The predicted octanol–water partition coefficient (Wildman–Crippen LogP) is 3.31. The van der Waals surface area contributed by atoms with Crippen LogP contribution < -0.4 is 10.1 Å². The van der Waals surface area contributed by atoms with Crippen molar-refractivity contribution in [3.8, 4) is 5.75 Å². The molecule has 0 amide bonds. The number of ether oxygens (including phenoxy) is 2. The Balaban J connectivity index is 2.25. The standard InChI is InChI=1S/C16H17N3O5/c1-10(2)24-13-6-4-12(5-7-13)18-15-14(19(21)22)8-11(9-17-15)16(20)23-3/h4-10H,1-3H3,(H,17,18). The highest BCUT2D eigenvalue weighted by atomic mass is 16.6. The molecule has 0 atom stereocenters. The lowest BCUT2D eigenvalue weighted by Gasteiger charge is -2.11. The summed E-state index contributed by atoms with van der Waals surface area (Å²) >= 11 is 0. The number of anilines is 2. The Kier molecular flexibility index (Phi) is 5.31. The van der Waals surface area contributed by atoms with Crippen LogP contribution in [0.1, 0.15) is 24.2 Å². The number of carbonyl (C=O) groups excluding carboxylic acids is 1. The number of nitrogens with zero attached hydrogens (tertiary/aromatic N) is 2. The van der Waals surface area contributed by atoms with E-state index in [-0.39, 0.29) is 23.2 Å². The van der Waals surface area contributed by atoms with Crippen LogP contribution in [-0.2, 0) is 4.74 Å². The zero-order valence-electron chi connectivity index (χ0n) is 13.5. The molecular formula is C16H17N3O5. The number of esters is 1. The van der Waals surface area contributed by atoms with Crippen molar-refractivity contribution < 1.29 is 19.2 Å². The van der Waals surface area contributed by atoms with Crippen LogP contribution >= 0.6 is 0 Å². The van der Waals surface area contributed by atoms with Crippen molar-refractivity contribution in [3.05, 3.63) is 52.2 Å². The van der Waals surface area contributed by atoms with Gasteiger partial charge in [0, 0.05) is 18.0 Å². The minimum absolute atomic E-state index is 0.00966. The average molecular weight is 331 g/mol. The van der Waals surface area contributed by atoms with Gasteiger partial charge in [-0.05, 0) is 38.1 Å². The van der Waals surface area contributed by atoms with Crippen molar-refractivity contribution in [1.29, 1.82) is 0 Å². The molecule has 2 aromatic rings. The average Bonchev–Trinajstić information content (AvgIpc) is 2.55. The molecule has 1 aromatic heterocycles. The lowest BCUT2D eigenvalue weighted by molar-refractivity contribution is -0.384. The van der Waals surface area contributed by atoms with Crippen molar-refractivity contribution in [1.82, 2.24) is 4.98 Å². The molecule has 24 heavy (non-hydrogen) atoms. The molecule has 126 valence electrons. The number of methoxy groups -OCH3 is 1. The largest absolute Gasteiger partial charge is 0.491 e. The first kappa shape index (κ1) is 17.2. The van der Waals surface area contributed by atoms with E-state index in [2.05, 4.69) is 15.0 Å². The van der Waals surface area contributed by atoms with Crippen LogP contribution in [0.3, 0.4) is 0 Å². The zero-order valence-corrected chi connectivity index (χ0v) is 13.5. The van der Waals surface area contributed by atoms with Gasteiger partial charge in [0.2, 0.25) is 5.82 Å². The smallest absolute Gasteiger partial charge is 0.339 e. The number of hydrogen-bond donors (Lipinski definition) is 1. The van der Waals surface area contributed by atoms with Gasteiger partial charge < -0.3 is 14.8 Å². The van der Waals surface area contributed by atoms with Gasteiger partial charge >= 0.3 is 11.7 Å². The Hall–Kier alpha value is -3.16. The highest BCUT2D eigenvalue weighted by Gasteiger charge is 2.19. The quantitative estimate of drug-likeness (QED) is 0.492. The van der Waals surface area contributed by atoms with Crippen LogP contribution in [0.4, 0.5) is 17.2 Å². The van der Waals surface area contributed by atoms with E-state index in [4.69, 9.17) is 4.74 Å². The van der Waals surface area contributed by atoms with E-state index in [9.17, 15) is 14.9 Å². The molecule has 0 saturated heterocycles. The monoisotopic (exact) mass is 331 g/mol. The van der Waals surface area contributed by atoms with Crippen molar-refractivity contribution >= 4 is 23.2 Å². The molecule has 0 aliphatic heterocycles. The van der Waals surface area contributed by atoms with E-state index in [0.717, 1.165) is 6.07 Å². The van der Waals surface area contributed by atoms with Crippen LogP contribution in [-0.4, -0.2) is 29.1 Å². The van der Waals surface area contributed by atoms with Gasteiger partial charge in [-0.3, -0.25) is 10.1 Å². The van der Waals surface area contributed by atoms with Gasteiger partial charge in [-0.25, -0.2) is 9.78 Å². The van der Waals surface area contributed by atoms with E-state index >= 15 is 0 Å². The fraction of sp³-hybridized carbons (Fsp3) is 0.250. The minimum Gasteiger partial charge on any atom is -0.491 e. The minimum atomic E-state index is -0.688. The Bertz CT molecular complexity index is 744. The third-order valence-electron chi connectivity index (χ3n) is 2.97. The zero-order chi connectivity index (χ0) is 17.7. The van der Waals surface area contributed by atoms with Crippen LogP contribution in [0.25, 0.3) is 0 Å². The van der Waals surface area contributed by atoms with Gasteiger partial charge in [0.15, 0.2) is 0 Å². The van der Waals surface area contributed by atoms with Gasteiger partial charge in [0.25, 0.3) is 0 Å². The van der Waals surface area contributed by atoms with Crippen LogP contribution in [0.15, 0.2) is 36.5 Å². The van der Waals surface area contributed by atoms with Crippen molar-refractivity contribution in [2.45, 2.75) is 20.0 Å². The summed E-state index contributed by atoms with van der Waals surface area (Å²) in [5.41, 5.74) is 0.295. The molecule has 1 heterocycles. The first-order valence-electron chi connectivity index (χ1n) is 7.17. The van der Waals surface area contributed by atoms with Gasteiger partial charge in [-0.1, -0.05) is 0 Å². The number of nitro groups is 1. The Morgan fingerprint density at radius 1 is 1.29 bits per heavy atom. The molecule has 0 radical (unpaired) electrons. The third-order valence-corrected chi connectivity index (χ3v) is 2.97. The topological polar surface area (TPSA) is 104 Å². The summed E-state index contributed by atoms with van der Waals surface area (Å²) in [7, 11) is 1.20. The second-order valence-electron chi connectivity index (χ2n) is 5.16. The number of benzene rings is 1. The number of nitrogens with one attached hydrogen (secondary N) is 1. The summed E-state index contributed by atoms with van der Waals surface area (Å²) in [5, 5.41) is 14.1. The van der Waals surface area contributed by atoms with Gasteiger partial charge in [-0.2, -0.15) is 0 Å². The maximum atomic E-state index is 11.5. The lowest BCUT2D eigenvalue weighted by atomic mass is 10.2. The van der Waals surface area contributed by atoms with Crippen LogP contribution in [0, 0.1) is 10.1 Å². The first-order chi connectivity index (χ1) is 11.4. The predicted molar refractivity (Wildman–Crippen MR) is 87.7 cm³/mol. The Morgan fingerprint density at radius 3 is 2.50 bits per heavy atom. The summed E-state index contributed by atoms with van der Waals surface area (Å²) in [4.78, 5) is 26.0.